The first kappa shape index (κ1) is 18.1. The van der Waals surface area contributed by atoms with Crippen molar-refractivity contribution in [2.45, 2.75) is 6.54 Å². The Balaban J connectivity index is 2.04. The third kappa shape index (κ3) is 5.11. The average molecular weight is 343 g/mol. The quantitative estimate of drug-likeness (QED) is 0.469. The highest BCUT2D eigenvalue weighted by Crippen LogP contribution is 2.15. The summed E-state index contributed by atoms with van der Waals surface area (Å²) < 4.78 is 0. The molecule has 2 N–H and O–H groups in total. The van der Waals surface area contributed by atoms with Crippen molar-refractivity contribution in [2.75, 3.05) is 18.5 Å². The van der Waals surface area contributed by atoms with Gasteiger partial charge in [-0.15, -0.1) is 0 Å². The molecule has 2 aromatic carbocycles. The molecule has 0 aliphatic carbocycles. The van der Waals surface area contributed by atoms with E-state index in [1.807, 2.05) is 30.3 Å². The van der Waals surface area contributed by atoms with Crippen LogP contribution in [0.1, 0.15) is 5.56 Å². The van der Waals surface area contributed by atoms with E-state index in [2.05, 4.69) is 5.32 Å². The van der Waals surface area contributed by atoms with Crippen molar-refractivity contribution < 1.29 is 19.6 Å². The highest BCUT2D eigenvalue weighted by molar-refractivity contribution is 6.39. The Labute approximate surface area is 143 Å². The van der Waals surface area contributed by atoms with Crippen LogP contribution in [-0.4, -0.2) is 39.9 Å². The topological polar surface area (TPSA) is 113 Å². The zero-order valence-corrected chi connectivity index (χ0v) is 13.3. The van der Waals surface area contributed by atoms with Crippen LogP contribution < -0.4 is 5.32 Å². The van der Waals surface area contributed by atoms with Gasteiger partial charge in [0.05, 0.1) is 11.5 Å². The van der Waals surface area contributed by atoms with Crippen molar-refractivity contribution >= 4 is 23.2 Å². The lowest BCUT2D eigenvalue weighted by Gasteiger charge is -2.21. The predicted octanol–water partition coefficient (Wildman–Crippen LogP) is 1.55. The largest absolute Gasteiger partial charge is 0.395 e. The molecule has 0 aromatic heterocycles. The minimum atomic E-state index is -0.877. The predicted molar refractivity (Wildman–Crippen MR) is 90.7 cm³/mol. The van der Waals surface area contributed by atoms with Crippen molar-refractivity contribution in [3.05, 3.63) is 70.3 Å². The lowest BCUT2D eigenvalue weighted by molar-refractivity contribution is -0.384. The van der Waals surface area contributed by atoms with Crippen molar-refractivity contribution in [2.24, 2.45) is 0 Å². The summed E-state index contributed by atoms with van der Waals surface area (Å²) in [6.07, 6.45) is 0. The number of carbonyl (C=O) groups is 2. The summed E-state index contributed by atoms with van der Waals surface area (Å²) in [5.41, 5.74) is 0.982. The maximum atomic E-state index is 12.3. The third-order valence-electron chi connectivity index (χ3n) is 3.40. The van der Waals surface area contributed by atoms with Crippen LogP contribution in [0.25, 0.3) is 0 Å². The number of carbonyl (C=O) groups excluding carboxylic acids is 2. The van der Waals surface area contributed by atoms with Crippen LogP contribution in [0.2, 0.25) is 0 Å². The van der Waals surface area contributed by atoms with Gasteiger partial charge in [0.1, 0.15) is 0 Å². The van der Waals surface area contributed by atoms with Gasteiger partial charge in [0.15, 0.2) is 0 Å². The van der Waals surface area contributed by atoms with Gasteiger partial charge in [-0.1, -0.05) is 30.3 Å². The van der Waals surface area contributed by atoms with Gasteiger partial charge in [-0.2, -0.15) is 0 Å². The molecule has 8 nitrogen and oxygen atoms in total. The second-order valence-electron chi connectivity index (χ2n) is 5.19. The molecule has 0 spiro atoms. The Hall–Kier alpha value is -3.26. The molecule has 0 fully saturated rings. The highest BCUT2D eigenvalue weighted by Gasteiger charge is 2.22. The van der Waals surface area contributed by atoms with Gasteiger partial charge in [-0.3, -0.25) is 19.7 Å². The van der Waals surface area contributed by atoms with Crippen molar-refractivity contribution in [1.29, 1.82) is 0 Å². The molecule has 0 aliphatic heterocycles. The number of nitrogens with zero attached hydrogens (tertiary/aromatic N) is 2. The number of aliphatic hydroxyl groups is 1. The Bertz CT molecular complexity index is 747. The molecule has 0 unspecified atom stereocenters. The number of nitro groups is 1. The summed E-state index contributed by atoms with van der Waals surface area (Å²) in [7, 11) is 0. The summed E-state index contributed by atoms with van der Waals surface area (Å²) in [5, 5.41) is 22.1. The van der Waals surface area contributed by atoms with Gasteiger partial charge in [-0.25, -0.2) is 0 Å². The number of amides is 2. The first-order chi connectivity index (χ1) is 12.0. The average Bonchev–Trinajstić information content (AvgIpc) is 2.62. The van der Waals surface area contributed by atoms with Crippen molar-refractivity contribution in [1.82, 2.24) is 4.90 Å². The number of benzene rings is 2. The van der Waals surface area contributed by atoms with Gasteiger partial charge < -0.3 is 15.3 Å². The van der Waals surface area contributed by atoms with Crippen LogP contribution in [0.15, 0.2) is 54.6 Å². The highest BCUT2D eigenvalue weighted by atomic mass is 16.6. The Morgan fingerprint density at radius 3 is 2.28 bits per heavy atom. The zero-order chi connectivity index (χ0) is 18.2. The molecule has 0 atom stereocenters. The maximum Gasteiger partial charge on any atom is 0.313 e. The lowest BCUT2D eigenvalue weighted by Crippen LogP contribution is -2.40. The van der Waals surface area contributed by atoms with Crippen LogP contribution in [0.3, 0.4) is 0 Å². The van der Waals surface area contributed by atoms with Crippen molar-refractivity contribution in [3.8, 4) is 0 Å². The number of non-ortho nitro benzene ring substituents is 1. The van der Waals surface area contributed by atoms with E-state index >= 15 is 0 Å². The second kappa shape index (κ2) is 8.55. The maximum absolute atomic E-state index is 12.3. The SMILES string of the molecule is O=C(Nc1ccc([N+](=O)[O-])cc1)C(=O)N(CCO)Cc1ccccc1. The molecule has 0 saturated carbocycles. The molecule has 130 valence electrons. The van der Waals surface area contributed by atoms with E-state index in [4.69, 9.17) is 5.11 Å². The molecule has 8 heteroatoms. The number of nitro benzene ring substituents is 1. The molecule has 2 aromatic rings. The van der Waals surface area contributed by atoms with Gasteiger partial charge in [0.2, 0.25) is 0 Å². The zero-order valence-electron chi connectivity index (χ0n) is 13.3. The fourth-order valence-electron chi connectivity index (χ4n) is 2.17. The third-order valence-corrected chi connectivity index (χ3v) is 3.40. The Kier molecular flexibility index (Phi) is 6.19. The van der Waals surface area contributed by atoms with Crippen LogP contribution in [0, 0.1) is 10.1 Å². The number of hydrogen-bond acceptors (Lipinski definition) is 5. The van der Waals surface area contributed by atoms with E-state index < -0.39 is 16.7 Å². The van der Waals surface area contributed by atoms with Gasteiger partial charge in [0.25, 0.3) is 5.69 Å². The van der Waals surface area contributed by atoms with E-state index in [9.17, 15) is 19.7 Å². The van der Waals surface area contributed by atoms with Crippen LogP contribution in [-0.2, 0) is 16.1 Å². The lowest BCUT2D eigenvalue weighted by atomic mass is 10.2. The molecule has 2 rings (SSSR count). The summed E-state index contributed by atoms with van der Waals surface area (Å²) in [5.74, 6) is -1.67. The molecule has 2 amide bonds. The smallest absolute Gasteiger partial charge is 0.313 e. The molecule has 0 saturated heterocycles. The molecule has 0 aliphatic rings. The fraction of sp³-hybridized carbons (Fsp3) is 0.176. The standard InChI is InChI=1S/C17H17N3O5/c21-11-10-19(12-13-4-2-1-3-5-13)17(23)16(22)18-14-6-8-15(9-7-14)20(24)25/h1-9,21H,10-12H2,(H,18,22). The van der Waals surface area contributed by atoms with E-state index in [1.54, 1.807) is 0 Å². The number of aliphatic hydroxyl groups excluding tert-OH is 1. The van der Waals surface area contributed by atoms with Crippen LogP contribution in [0.4, 0.5) is 11.4 Å². The van der Waals surface area contributed by atoms with Crippen LogP contribution >= 0.6 is 0 Å². The molecular formula is C17H17N3O5. The fourth-order valence-corrected chi connectivity index (χ4v) is 2.17. The number of hydrogen-bond donors (Lipinski definition) is 2. The first-order valence-electron chi connectivity index (χ1n) is 7.50. The Morgan fingerprint density at radius 2 is 1.72 bits per heavy atom. The monoisotopic (exact) mass is 343 g/mol. The summed E-state index contributed by atoms with van der Waals surface area (Å²) >= 11 is 0. The molecular weight excluding hydrogens is 326 g/mol. The molecule has 25 heavy (non-hydrogen) atoms. The molecule has 0 radical (unpaired) electrons. The van der Waals surface area contributed by atoms with E-state index in [0.717, 1.165) is 5.56 Å². The molecule has 0 bridgehead atoms. The van der Waals surface area contributed by atoms with Crippen LogP contribution in [0.5, 0.6) is 0 Å². The number of nitrogens with one attached hydrogen (secondary N) is 1. The molecule has 0 heterocycles. The minimum absolute atomic E-state index is 0.0153. The van der Waals surface area contributed by atoms with E-state index in [0.29, 0.717) is 0 Å². The van der Waals surface area contributed by atoms with Crippen molar-refractivity contribution in [3.63, 3.8) is 0 Å². The summed E-state index contributed by atoms with van der Waals surface area (Å²) in [6, 6.07) is 14.2. The summed E-state index contributed by atoms with van der Waals surface area (Å²) in [6.45, 7) is -0.0707. The normalized spacial score (nSPS) is 10.1. The first-order valence-corrected chi connectivity index (χ1v) is 7.50. The number of rotatable bonds is 6. The Morgan fingerprint density at radius 1 is 1.08 bits per heavy atom. The summed E-state index contributed by atoms with van der Waals surface area (Å²) in [4.78, 5) is 35.7. The second-order valence-corrected chi connectivity index (χ2v) is 5.19. The minimum Gasteiger partial charge on any atom is -0.395 e. The van der Waals surface area contributed by atoms with Gasteiger partial charge in [-0.05, 0) is 17.7 Å². The van der Waals surface area contributed by atoms with Gasteiger partial charge >= 0.3 is 11.8 Å². The number of anilines is 1. The van der Waals surface area contributed by atoms with E-state index in [-0.39, 0.29) is 31.1 Å². The van der Waals surface area contributed by atoms with Gasteiger partial charge in [0, 0.05) is 30.9 Å². The van der Waals surface area contributed by atoms with E-state index in [1.165, 1.54) is 29.2 Å².